The molecule has 1 atom stereocenters. The van der Waals surface area contributed by atoms with Crippen molar-refractivity contribution in [2.75, 3.05) is 18.0 Å². The summed E-state index contributed by atoms with van der Waals surface area (Å²) in [5, 5.41) is 3.69. The molecule has 0 amide bonds. The minimum absolute atomic E-state index is 0.201. The van der Waals surface area contributed by atoms with Crippen molar-refractivity contribution >= 4 is 5.69 Å². The van der Waals surface area contributed by atoms with E-state index in [9.17, 15) is 4.39 Å². The van der Waals surface area contributed by atoms with Crippen molar-refractivity contribution < 1.29 is 4.39 Å². The van der Waals surface area contributed by atoms with E-state index >= 15 is 0 Å². The van der Waals surface area contributed by atoms with Gasteiger partial charge in [0.2, 0.25) is 0 Å². The van der Waals surface area contributed by atoms with Crippen LogP contribution in [0.25, 0.3) is 11.1 Å². The van der Waals surface area contributed by atoms with E-state index in [0.717, 1.165) is 42.8 Å². The van der Waals surface area contributed by atoms with Crippen LogP contribution in [-0.2, 0) is 0 Å². The van der Waals surface area contributed by atoms with E-state index in [1.54, 1.807) is 24.7 Å². The van der Waals surface area contributed by atoms with Crippen LogP contribution >= 0.6 is 0 Å². The second-order valence-corrected chi connectivity index (χ2v) is 7.34. The molecule has 0 unspecified atom stereocenters. The maximum Gasteiger partial charge on any atom is 0.123 e. The van der Waals surface area contributed by atoms with Crippen LogP contribution in [0, 0.1) is 5.82 Å². The summed E-state index contributed by atoms with van der Waals surface area (Å²) in [6, 6.07) is 17.8. The number of hydrogen-bond acceptors (Lipinski definition) is 4. The van der Waals surface area contributed by atoms with Crippen molar-refractivity contribution in [3.63, 3.8) is 0 Å². The van der Waals surface area contributed by atoms with E-state index in [2.05, 4.69) is 45.3 Å². The van der Waals surface area contributed by atoms with Crippen molar-refractivity contribution in [2.45, 2.75) is 31.8 Å². The van der Waals surface area contributed by atoms with Crippen LogP contribution in [0.2, 0.25) is 0 Å². The maximum atomic E-state index is 13.6. The van der Waals surface area contributed by atoms with E-state index in [-0.39, 0.29) is 11.9 Å². The first-order valence-corrected chi connectivity index (χ1v) is 9.82. The first-order chi connectivity index (χ1) is 13.7. The van der Waals surface area contributed by atoms with Gasteiger partial charge < -0.3 is 10.2 Å². The van der Waals surface area contributed by atoms with Crippen LogP contribution in [0.5, 0.6) is 0 Å². The van der Waals surface area contributed by atoms with Crippen molar-refractivity contribution in [1.82, 2.24) is 15.3 Å². The summed E-state index contributed by atoms with van der Waals surface area (Å²) in [4.78, 5) is 10.7. The summed E-state index contributed by atoms with van der Waals surface area (Å²) in [6.07, 6.45) is 5.55. The Kier molecular flexibility index (Phi) is 5.63. The quantitative estimate of drug-likeness (QED) is 0.706. The lowest BCUT2D eigenvalue weighted by molar-refractivity contribution is 0.377. The molecule has 1 fully saturated rings. The van der Waals surface area contributed by atoms with Gasteiger partial charge in [0.25, 0.3) is 0 Å². The molecule has 1 aliphatic heterocycles. The SMILES string of the molecule is C[C@H](NC1CCN(c2cccc(-c3cccc(F)c3)c2)CC1)c1ccncn1. The van der Waals surface area contributed by atoms with Gasteiger partial charge in [-0.05, 0) is 61.2 Å². The van der Waals surface area contributed by atoms with Gasteiger partial charge in [0.15, 0.2) is 0 Å². The molecule has 0 saturated carbocycles. The number of halogens is 1. The molecule has 4 nitrogen and oxygen atoms in total. The van der Waals surface area contributed by atoms with Gasteiger partial charge in [-0.2, -0.15) is 0 Å². The molecule has 0 bridgehead atoms. The van der Waals surface area contributed by atoms with Crippen LogP contribution in [0.1, 0.15) is 31.5 Å². The van der Waals surface area contributed by atoms with Gasteiger partial charge in [-0.3, -0.25) is 0 Å². The molecule has 1 N–H and O–H groups in total. The summed E-state index contributed by atoms with van der Waals surface area (Å²) in [6.45, 7) is 4.15. The van der Waals surface area contributed by atoms with Gasteiger partial charge in [-0.15, -0.1) is 0 Å². The van der Waals surface area contributed by atoms with E-state index in [4.69, 9.17) is 0 Å². The first-order valence-electron chi connectivity index (χ1n) is 9.82. The predicted molar refractivity (Wildman–Crippen MR) is 111 cm³/mol. The van der Waals surface area contributed by atoms with Gasteiger partial charge in [0.1, 0.15) is 12.1 Å². The standard InChI is InChI=1S/C23H25FN4/c1-17(23-8-11-25-16-26-23)27-21-9-12-28(13-10-21)22-7-3-5-19(15-22)18-4-2-6-20(24)14-18/h2-8,11,14-17,21,27H,9-10,12-13H2,1H3/t17-/m0/s1. The number of hydrogen-bond donors (Lipinski definition) is 1. The molecule has 3 aromatic rings. The molecule has 1 aliphatic rings. The normalized spacial score (nSPS) is 16.1. The lowest BCUT2D eigenvalue weighted by atomic mass is 10.0. The number of piperidine rings is 1. The Balaban J connectivity index is 1.38. The monoisotopic (exact) mass is 376 g/mol. The second kappa shape index (κ2) is 8.48. The summed E-state index contributed by atoms with van der Waals surface area (Å²) >= 11 is 0. The van der Waals surface area contributed by atoms with Crippen LogP contribution in [0.4, 0.5) is 10.1 Å². The molecule has 28 heavy (non-hydrogen) atoms. The van der Waals surface area contributed by atoms with Crippen LogP contribution < -0.4 is 10.2 Å². The summed E-state index contributed by atoms with van der Waals surface area (Å²) in [5.74, 6) is -0.201. The molecule has 2 heterocycles. The van der Waals surface area contributed by atoms with Crippen molar-refractivity contribution in [2.24, 2.45) is 0 Å². The van der Waals surface area contributed by atoms with Crippen molar-refractivity contribution in [3.05, 3.63) is 78.6 Å². The van der Waals surface area contributed by atoms with Crippen LogP contribution in [0.3, 0.4) is 0 Å². The number of nitrogens with one attached hydrogen (secondary N) is 1. The number of benzene rings is 2. The van der Waals surface area contributed by atoms with Crippen LogP contribution in [0.15, 0.2) is 67.1 Å². The Morgan fingerprint density at radius 3 is 2.50 bits per heavy atom. The summed E-state index contributed by atoms with van der Waals surface area (Å²) < 4.78 is 13.6. The highest BCUT2D eigenvalue weighted by molar-refractivity contribution is 5.68. The molecule has 1 saturated heterocycles. The summed E-state index contributed by atoms with van der Waals surface area (Å²) in [7, 11) is 0. The molecule has 1 aromatic heterocycles. The van der Waals surface area contributed by atoms with Crippen molar-refractivity contribution in [1.29, 1.82) is 0 Å². The van der Waals surface area contributed by atoms with Gasteiger partial charge in [-0.25, -0.2) is 14.4 Å². The number of rotatable bonds is 5. The summed E-state index contributed by atoms with van der Waals surface area (Å²) in [5.41, 5.74) is 4.19. The third-order valence-corrected chi connectivity index (χ3v) is 5.40. The van der Waals surface area contributed by atoms with Crippen molar-refractivity contribution in [3.8, 4) is 11.1 Å². The Labute approximate surface area is 165 Å². The molecule has 0 spiro atoms. The van der Waals surface area contributed by atoms with Gasteiger partial charge in [-0.1, -0.05) is 24.3 Å². The van der Waals surface area contributed by atoms with Gasteiger partial charge in [0.05, 0.1) is 5.69 Å². The van der Waals surface area contributed by atoms with E-state index in [0.29, 0.717) is 6.04 Å². The molecule has 4 rings (SSSR count). The third-order valence-electron chi connectivity index (χ3n) is 5.40. The Morgan fingerprint density at radius 2 is 1.79 bits per heavy atom. The highest BCUT2D eigenvalue weighted by atomic mass is 19.1. The topological polar surface area (TPSA) is 41.0 Å². The van der Waals surface area contributed by atoms with E-state index < -0.39 is 0 Å². The molecule has 2 aromatic carbocycles. The molecule has 5 heteroatoms. The zero-order valence-corrected chi connectivity index (χ0v) is 16.1. The van der Waals surface area contributed by atoms with E-state index in [1.165, 1.54) is 11.8 Å². The molecular weight excluding hydrogens is 351 g/mol. The molecular formula is C23H25FN4. The highest BCUT2D eigenvalue weighted by Crippen LogP contribution is 2.27. The average Bonchev–Trinajstić information content (AvgIpc) is 2.75. The Morgan fingerprint density at radius 1 is 1.04 bits per heavy atom. The van der Waals surface area contributed by atoms with E-state index in [1.807, 2.05) is 18.2 Å². The largest absolute Gasteiger partial charge is 0.371 e. The molecule has 0 aliphatic carbocycles. The predicted octanol–water partition coefficient (Wildman–Crippen LogP) is 4.60. The Hall–Kier alpha value is -2.79. The molecule has 144 valence electrons. The minimum atomic E-state index is -0.201. The third kappa shape index (κ3) is 4.37. The highest BCUT2D eigenvalue weighted by Gasteiger charge is 2.21. The van der Waals surface area contributed by atoms with Gasteiger partial charge in [0, 0.05) is 37.1 Å². The Bertz CT molecular complexity index is 907. The smallest absolute Gasteiger partial charge is 0.123 e. The molecule has 0 radical (unpaired) electrons. The lowest BCUT2D eigenvalue weighted by Crippen LogP contribution is -2.43. The number of anilines is 1. The lowest BCUT2D eigenvalue weighted by Gasteiger charge is -2.35. The van der Waals surface area contributed by atoms with Gasteiger partial charge >= 0.3 is 0 Å². The minimum Gasteiger partial charge on any atom is -0.371 e. The number of nitrogens with zero attached hydrogens (tertiary/aromatic N) is 3. The zero-order chi connectivity index (χ0) is 19.3. The zero-order valence-electron chi connectivity index (χ0n) is 16.1. The average molecular weight is 376 g/mol. The van der Waals surface area contributed by atoms with Crippen LogP contribution in [-0.4, -0.2) is 29.1 Å². The fourth-order valence-corrected chi connectivity index (χ4v) is 3.85. The second-order valence-electron chi connectivity index (χ2n) is 7.34. The fraction of sp³-hybridized carbons (Fsp3) is 0.304. The fourth-order valence-electron chi connectivity index (χ4n) is 3.85. The first kappa shape index (κ1) is 18.6. The number of aromatic nitrogens is 2. The maximum absolute atomic E-state index is 13.6.